The minimum atomic E-state index is -3.81. The Labute approximate surface area is 199 Å². The van der Waals surface area contributed by atoms with E-state index in [1.807, 2.05) is 39.0 Å². The minimum Gasteiger partial charge on any atom is -0.332 e. The average molecular weight is 484 g/mol. The van der Waals surface area contributed by atoms with Crippen LogP contribution in [0.2, 0.25) is 0 Å². The highest BCUT2D eigenvalue weighted by Crippen LogP contribution is 2.36. The van der Waals surface area contributed by atoms with Crippen LogP contribution in [0.1, 0.15) is 30.0 Å². The second kappa shape index (κ2) is 9.11. The van der Waals surface area contributed by atoms with Crippen molar-refractivity contribution in [2.45, 2.75) is 44.6 Å². The molecule has 0 bridgehead atoms. The fourth-order valence-electron chi connectivity index (χ4n) is 4.05. The van der Waals surface area contributed by atoms with Gasteiger partial charge >= 0.3 is 0 Å². The normalized spacial score (nSPS) is 15.6. The molecule has 1 aliphatic rings. The van der Waals surface area contributed by atoms with Crippen LogP contribution in [0.15, 0.2) is 65.6 Å². The van der Waals surface area contributed by atoms with Gasteiger partial charge in [0.1, 0.15) is 5.82 Å². The number of halogens is 1. The summed E-state index contributed by atoms with van der Waals surface area (Å²) in [6, 6.07) is 16.5. The zero-order valence-corrected chi connectivity index (χ0v) is 20.4. The Morgan fingerprint density at radius 1 is 1.06 bits per heavy atom. The van der Waals surface area contributed by atoms with Crippen LogP contribution in [0.25, 0.3) is 0 Å². The lowest BCUT2D eigenvalue weighted by atomic mass is 9.99. The molecule has 172 valence electrons. The predicted molar refractivity (Wildman–Crippen MR) is 136 cm³/mol. The van der Waals surface area contributed by atoms with Crippen molar-refractivity contribution in [2.75, 3.05) is 14.9 Å². The van der Waals surface area contributed by atoms with Crippen LogP contribution in [-0.2, 0) is 16.4 Å². The van der Waals surface area contributed by atoms with Crippen molar-refractivity contribution in [3.05, 3.63) is 83.2 Å². The van der Waals surface area contributed by atoms with Crippen LogP contribution < -0.4 is 14.9 Å². The number of hydrogen-bond donors (Lipinski definition) is 2. The first-order chi connectivity index (χ1) is 15.7. The van der Waals surface area contributed by atoms with Crippen molar-refractivity contribution in [3.63, 3.8) is 0 Å². The van der Waals surface area contributed by atoms with E-state index in [0.29, 0.717) is 34.9 Å². The Bertz CT molecular complexity index is 1310. The van der Waals surface area contributed by atoms with Crippen LogP contribution in [0.3, 0.4) is 0 Å². The number of nitrogens with zero attached hydrogens (tertiary/aromatic N) is 1. The highest BCUT2D eigenvalue weighted by Gasteiger charge is 2.34. The lowest BCUT2D eigenvalue weighted by molar-refractivity contribution is 0.560. The number of hydrogen-bond acceptors (Lipinski definition) is 3. The zero-order chi connectivity index (χ0) is 23.8. The molecule has 5 nitrogen and oxygen atoms in total. The molecule has 1 atom stereocenters. The summed E-state index contributed by atoms with van der Waals surface area (Å²) in [5.74, 6) is -0.360. The summed E-state index contributed by atoms with van der Waals surface area (Å²) in [7, 11) is -3.81. The van der Waals surface area contributed by atoms with Crippen molar-refractivity contribution in [2.24, 2.45) is 0 Å². The van der Waals surface area contributed by atoms with Gasteiger partial charge in [-0.1, -0.05) is 12.1 Å². The van der Waals surface area contributed by atoms with Crippen LogP contribution in [0.4, 0.5) is 21.5 Å². The van der Waals surface area contributed by atoms with Gasteiger partial charge in [-0.3, -0.25) is 4.31 Å². The van der Waals surface area contributed by atoms with Gasteiger partial charge in [-0.05, 0) is 111 Å². The zero-order valence-electron chi connectivity index (χ0n) is 18.7. The molecule has 0 fully saturated rings. The van der Waals surface area contributed by atoms with Gasteiger partial charge < -0.3 is 10.6 Å². The van der Waals surface area contributed by atoms with Crippen LogP contribution >= 0.6 is 12.2 Å². The molecular weight excluding hydrogens is 457 g/mol. The molecule has 0 spiro atoms. The first kappa shape index (κ1) is 23.2. The maximum Gasteiger partial charge on any atom is 0.264 e. The summed E-state index contributed by atoms with van der Waals surface area (Å²) < 4.78 is 42.0. The molecule has 0 saturated carbocycles. The Hall–Kier alpha value is -2.97. The quantitative estimate of drug-likeness (QED) is 0.461. The summed E-state index contributed by atoms with van der Waals surface area (Å²) in [5.41, 5.74) is 5.11. The lowest BCUT2D eigenvalue weighted by Gasteiger charge is -2.36. The van der Waals surface area contributed by atoms with Gasteiger partial charge in [0.15, 0.2) is 5.11 Å². The van der Waals surface area contributed by atoms with Gasteiger partial charge in [-0.2, -0.15) is 0 Å². The Balaban J connectivity index is 1.53. The van der Waals surface area contributed by atoms with E-state index in [1.165, 1.54) is 16.4 Å². The topological polar surface area (TPSA) is 61.4 Å². The molecule has 4 rings (SSSR count). The fourth-order valence-corrected chi connectivity index (χ4v) is 6.00. The van der Waals surface area contributed by atoms with E-state index < -0.39 is 10.0 Å². The van der Waals surface area contributed by atoms with Gasteiger partial charge in [0.25, 0.3) is 10.0 Å². The minimum absolute atomic E-state index is 0.172. The van der Waals surface area contributed by atoms with Crippen molar-refractivity contribution >= 4 is 44.4 Å². The van der Waals surface area contributed by atoms with Gasteiger partial charge in [-0.15, -0.1) is 0 Å². The average Bonchev–Trinajstić information content (AvgIpc) is 2.77. The lowest BCUT2D eigenvalue weighted by Crippen LogP contribution is -2.42. The van der Waals surface area contributed by atoms with E-state index >= 15 is 0 Å². The molecular formula is C25H26FN3O2S2. The number of benzene rings is 3. The molecule has 0 radical (unpaired) electrons. The first-order valence-electron chi connectivity index (χ1n) is 10.7. The Kier molecular flexibility index (Phi) is 6.41. The molecule has 3 aromatic rings. The summed E-state index contributed by atoms with van der Waals surface area (Å²) in [6.07, 6.45) is 1.28. The first-order valence-corrected chi connectivity index (χ1v) is 12.6. The van der Waals surface area contributed by atoms with Gasteiger partial charge in [0.05, 0.1) is 10.6 Å². The number of fused-ring (bicyclic) bond motifs is 1. The second-order valence-electron chi connectivity index (χ2n) is 8.31. The maximum absolute atomic E-state index is 13.7. The largest absolute Gasteiger partial charge is 0.332 e. The molecule has 33 heavy (non-hydrogen) atoms. The summed E-state index contributed by atoms with van der Waals surface area (Å²) >= 11 is 5.42. The SMILES string of the molecule is Cc1cccc(NC(=S)Nc2ccc(S(=O)(=O)N3c4ccc(F)cc4CC[C@H]3C)cc2)c1C. The number of rotatable bonds is 4. The van der Waals surface area contributed by atoms with Crippen LogP contribution in [0, 0.1) is 19.7 Å². The van der Waals surface area contributed by atoms with E-state index in [9.17, 15) is 12.8 Å². The fraction of sp³-hybridized carbons (Fsp3) is 0.240. The molecule has 1 heterocycles. The molecule has 8 heteroatoms. The predicted octanol–water partition coefficient (Wildman–Crippen LogP) is 5.78. The van der Waals surface area contributed by atoms with Crippen molar-refractivity contribution in [3.8, 4) is 0 Å². The van der Waals surface area contributed by atoms with Gasteiger partial charge in [0, 0.05) is 17.4 Å². The summed E-state index contributed by atoms with van der Waals surface area (Å²) in [5, 5.41) is 6.69. The van der Waals surface area contributed by atoms with E-state index in [4.69, 9.17) is 12.2 Å². The smallest absolute Gasteiger partial charge is 0.264 e. The monoisotopic (exact) mass is 483 g/mol. The van der Waals surface area contributed by atoms with E-state index in [2.05, 4.69) is 10.6 Å². The molecule has 0 saturated heterocycles. The van der Waals surface area contributed by atoms with E-state index in [1.54, 1.807) is 30.3 Å². The van der Waals surface area contributed by atoms with Crippen molar-refractivity contribution in [1.29, 1.82) is 0 Å². The van der Waals surface area contributed by atoms with Crippen LogP contribution in [-0.4, -0.2) is 19.6 Å². The third-order valence-corrected chi connectivity index (χ3v) is 8.18. The van der Waals surface area contributed by atoms with Gasteiger partial charge in [-0.25, -0.2) is 12.8 Å². The van der Waals surface area contributed by atoms with Crippen molar-refractivity contribution in [1.82, 2.24) is 0 Å². The number of thiocarbonyl (C=S) groups is 1. The van der Waals surface area contributed by atoms with Crippen molar-refractivity contribution < 1.29 is 12.8 Å². The summed E-state index contributed by atoms with van der Waals surface area (Å²) in [6.45, 7) is 5.93. The third kappa shape index (κ3) is 4.72. The molecule has 0 unspecified atom stereocenters. The standard InChI is InChI=1S/C25H26FN3O2S2/c1-16-5-4-6-23(18(16)3)28-25(32)27-21-10-12-22(13-11-21)33(30,31)29-17(2)7-8-19-15-20(26)9-14-24(19)29/h4-6,9-15,17H,7-8H2,1-3H3,(H2,27,28,32)/t17-/m1/s1. The summed E-state index contributed by atoms with van der Waals surface area (Å²) in [4.78, 5) is 0.172. The number of anilines is 3. The maximum atomic E-state index is 13.7. The van der Waals surface area contributed by atoms with E-state index in [0.717, 1.165) is 16.8 Å². The number of aryl methyl sites for hydroxylation is 2. The third-order valence-electron chi connectivity index (χ3n) is 6.03. The Morgan fingerprint density at radius 3 is 2.52 bits per heavy atom. The van der Waals surface area contributed by atoms with Crippen LogP contribution in [0.5, 0.6) is 0 Å². The molecule has 0 amide bonds. The Morgan fingerprint density at radius 2 is 1.79 bits per heavy atom. The number of sulfonamides is 1. The van der Waals surface area contributed by atoms with Gasteiger partial charge in [0.2, 0.25) is 0 Å². The number of nitrogens with one attached hydrogen (secondary N) is 2. The highest BCUT2D eigenvalue weighted by atomic mass is 32.2. The highest BCUT2D eigenvalue weighted by molar-refractivity contribution is 7.92. The molecule has 0 aliphatic carbocycles. The molecule has 0 aromatic heterocycles. The molecule has 3 aromatic carbocycles. The van der Waals surface area contributed by atoms with E-state index in [-0.39, 0.29) is 16.8 Å². The molecule has 1 aliphatic heterocycles. The molecule has 2 N–H and O–H groups in total. The second-order valence-corrected chi connectivity index (χ2v) is 10.5.